The number of rotatable bonds is 3. The molecule has 0 spiro atoms. The van der Waals surface area contributed by atoms with E-state index >= 15 is 0 Å². The van der Waals surface area contributed by atoms with Gasteiger partial charge in [0.1, 0.15) is 5.69 Å². The maximum atomic E-state index is 12.2. The van der Waals surface area contributed by atoms with Crippen LogP contribution in [0.5, 0.6) is 5.75 Å². The molecule has 0 radical (unpaired) electrons. The van der Waals surface area contributed by atoms with Crippen LogP contribution in [-0.4, -0.2) is 48.6 Å². The summed E-state index contributed by atoms with van der Waals surface area (Å²) in [6, 6.07) is 3.52. The molecule has 2 fully saturated rings. The number of hydrogen-bond acceptors (Lipinski definition) is 4. The van der Waals surface area contributed by atoms with Gasteiger partial charge in [0.25, 0.3) is 5.91 Å². The summed E-state index contributed by atoms with van der Waals surface area (Å²) in [5, 5.41) is 3.27. The minimum absolute atomic E-state index is 0.165. The number of piperidine rings is 1. The Balaban J connectivity index is 1.65. The standard InChI is InChI=1S/C14H18ClN3O2/c1-20-12-3-2-11(17-13(12)15)14(19)16-10-6-9-4-5-18(7-9)8-10/h2-3,9-10H,4-8H2,1H3,(H,16,19)/t9-,10+/m0/s1. The van der Waals surface area contributed by atoms with Gasteiger partial charge in [0.2, 0.25) is 0 Å². The molecule has 3 heterocycles. The minimum atomic E-state index is -0.165. The number of nitrogens with one attached hydrogen (secondary N) is 1. The van der Waals surface area contributed by atoms with Gasteiger partial charge in [-0.2, -0.15) is 0 Å². The van der Waals surface area contributed by atoms with Crippen LogP contribution in [0.1, 0.15) is 23.3 Å². The van der Waals surface area contributed by atoms with Crippen molar-refractivity contribution in [3.05, 3.63) is 23.0 Å². The zero-order valence-corrected chi connectivity index (χ0v) is 12.2. The maximum absolute atomic E-state index is 12.2. The van der Waals surface area contributed by atoms with Crippen LogP contribution < -0.4 is 10.1 Å². The van der Waals surface area contributed by atoms with Gasteiger partial charge in [0.15, 0.2) is 10.9 Å². The Morgan fingerprint density at radius 3 is 3.05 bits per heavy atom. The van der Waals surface area contributed by atoms with Gasteiger partial charge in [0, 0.05) is 19.1 Å². The third kappa shape index (κ3) is 2.74. The quantitative estimate of drug-likeness (QED) is 0.860. The van der Waals surface area contributed by atoms with E-state index in [9.17, 15) is 4.79 Å². The molecule has 2 aliphatic heterocycles. The minimum Gasteiger partial charge on any atom is -0.494 e. The maximum Gasteiger partial charge on any atom is 0.270 e. The lowest BCUT2D eigenvalue weighted by Crippen LogP contribution is -2.47. The van der Waals surface area contributed by atoms with Crippen LogP contribution in [0.3, 0.4) is 0 Å². The molecule has 2 saturated heterocycles. The Labute approximate surface area is 123 Å². The molecule has 108 valence electrons. The van der Waals surface area contributed by atoms with E-state index in [1.807, 2.05) is 0 Å². The second-order valence-corrected chi connectivity index (χ2v) is 5.87. The van der Waals surface area contributed by atoms with Gasteiger partial charge in [-0.25, -0.2) is 4.98 Å². The number of carbonyl (C=O) groups is 1. The Kier molecular flexibility index (Phi) is 3.81. The molecule has 0 aliphatic carbocycles. The highest BCUT2D eigenvalue weighted by Crippen LogP contribution is 2.27. The average molecular weight is 296 g/mol. The molecule has 5 nitrogen and oxygen atoms in total. The summed E-state index contributed by atoms with van der Waals surface area (Å²) in [4.78, 5) is 18.7. The number of aromatic nitrogens is 1. The molecular weight excluding hydrogens is 278 g/mol. The molecule has 1 aromatic rings. The van der Waals surface area contributed by atoms with Gasteiger partial charge >= 0.3 is 0 Å². The Hall–Kier alpha value is -1.33. The topological polar surface area (TPSA) is 54.5 Å². The second kappa shape index (κ2) is 5.58. The largest absolute Gasteiger partial charge is 0.494 e. The third-order valence-electron chi connectivity index (χ3n) is 4.07. The van der Waals surface area contributed by atoms with Gasteiger partial charge in [-0.1, -0.05) is 11.6 Å². The smallest absolute Gasteiger partial charge is 0.270 e. The molecule has 1 N–H and O–H groups in total. The molecule has 1 amide bonds. The average Bonchev–Trinajstić information content (AvgIpc) is 2.77. The van der Waals surface area contributed by atoms with E-state index < -0.39 is 0 Å². The van der Waals surface area contributed by atoms with Crippen LogP contribution in [-0.2, 0) is 0 Å². The molecule has 6 heteroatoms. The van der Waals surface area contributed by atoms with E-state index in [0.29, 0.717) is 11.4 Å². The van der Waals surface area contributed by atoms with E-state index in [0.717, 1.165) is 25.4 Å². The number of carbonyl (C=O) groups excluding carboxylic acids is 1. The zero-order valence-electron chi connectivity index (χ0n) is 11.4. The number of pyridine rings is 1. The second-order valence-electron chi connectivity index (χ2n) is 5.51. The first-order chi connectivity index (χ1) is 9.65. The molecular formula is C14H18ClN3O2. The third-order valence-corrected chi connectivity index (χ3v) is 4.34. The van der Waals surface area contributed by atoms with E-state index in [1.54, 1.807) is 12.1 Å². The number of nitrogens with zero attached hydrogens (tertiary/aromatic N) is 2. The number of hydrogen-bond donors (Lipinski definition) is 1. The lowest BCUT2D eigenvalue weighted by atomic mass is 9.97. The van der Waals surface area contributed by atoms with Crippen LogP contribution in [0.4, 0.5) is 0 Å². The molecule has 3 rings (SSSR count). The highest BCUT2D eigenvalue weighted by Gasteiger charge is 2.33. The predicted molar refractivity (Wildman–Crippen MR) is 76.2 cm³/mol. The van der Waals surface area contributed by atoms with Gasteiger partial charge in [-0.15, -0.1) is 0 Å². The van der Waals surface area contributed by atoms with Crippen molar-refractivity contribution >= 4 is 17.5 Å². The molecule has 1 unspecified atom stereocenters. The lowest BCUT2D eigenvalue weighted by molar-refractivity contribution is 0.0904. The molecule has 0 aromatic carbocycles. The lowest BCUT2D eigenvalue weighted by Gasteiger charge is -2.30. The molecule has 3 atom stereocenters. The van der Waals surface area contributed by atoms with Crippen molar-refractivity contribution in [3.63, 3.8) is 0 Å². The number of ether oxygens (including phenoxy) is 1. The van der Waals surface area contributed by atoms with E-state index in [1.165, 1.54) is 20.1 Å². The summed E-state index contributed by atoms with van der Waals surface area (Å²) < 4.78 is 5.03. The van der Waals surface area contributed by atoms with E-state index in [-0.39, 0.29) is 17.1 Å². The zero-order chi connectivity index (χ0) is 14.1. The molecule has 1 aromatic heterocycles. The fourth-order valence-corrected chi connectivity index (χ4v) is 3.35. The molecule has 20 heavy (non-hydrogen) atoms. The van der Waals surface area contributed by atoms with Crippen molar-refractivity contribution < 1.29 is 9.53 Å². The van der Waals surface area contributed by atoms with Crippen molar-refractivity contribution in [1.82, 2.24) is 15.2 Å². The van der Waals surface area contributed by atoms with Crippen LogP contribution >= 0.6 is 11.6 Å². The fourth-order valence-electron chi connectivity index (χ4n) is 3.12. The monoisotopic (exact) mass is 295 g/mol. The Morgan fingerprint density at radius 1 is 1.50 bits per heavy atom. The number of fused-ring (bicyclic) bond motifs is 2. The number of amides is 1. The normalized spacial score (nSPS) is 28.2. The van der Waals surface area contributed by atoms with E-state index in [2.05, 4.69) is 15.2 Å². The van der Waals surface area contributed by atoms with Crippen molar-refractivity contribution in [1.29, 1.82) is 0 Å². The predicted octanol–water partition coefficient (Wildman–Crippen LogP) is 1.57. The number of methoxy groups -OCH3 is 1. The first-order valence-corrected chi connectivity index (χ1v) is 7.27. The molecule has 2 aliphatic rings. The summed E-state index contributed by atoms with van der Waals surface area (Å²) in [5.41, 5.74) is 0.337. The van der Waals surface area contributed by atoms with Crippen LogP contribution in [0.15, 0.2) is 12.1 Å². The summed E-state index contributed by atoms with van der Waals surface area (Å²) in [6.45, 7) is 3.27. The summed E-state index contributed by atoms with van der Waals surface area (Å²) in [5.74, 6) is 1.04. The van der Waals surface area contributed by atoms with Crippen molar-refractivity contribution in [3.8, 4) is 5.75 Å². The first-order valence-electron chi connectivity index (χ1n) is 6.89. The Bertz CT molecular complexity index is 511. The highest BCUT2D eigenvalue weighted by molar-refractivity contribution is 6.31. The van der Waals surface area contributed by atoms with Gasteiger partial charge in [-0.05, 0) is 37.4 Å². The van der Waals surface area contributed by atoms with Gasteiger partial charge in [-0.3, -0.25) is 4.79 Å². The van der Waals surface area contributed by atoms with Gasteiger partial charge in [0.05, 0.1) is 7.11 Å². The van der Waals surface area contributed by atoms with Crippen LogP contribution in [0, 0.1) is 5.92 Å². The van der Waals surface area contributed by atoms with Crippen LogP contribution in [0.25, 0.3) is 0 Å². The Morgan fingerprint density at radius 2 is 2.35 bits per heavy atom. The summed E-state index contributed by atoms with van der Waals surface area (Å²) in [6.07, 6.45) is 2.31. The van der Waals surface area contributed by atoms with Gasteiger partial charge < -0.3 is 15.0 Å². The number of halogens is 1. The van der Waals surface area contributed by atoms with Crippen molar-refractivity contribution in [2.45, 2.75) is 18.9 Å². The highest BCUT2D eigenvalue weighted by atomic mass is 35.5. The van der Waals surface area contributed by atoms with Crippen LogP contribution in [0.2, 0.25) is 5.15 Å². The summed E-state index contributed by atoms with van der Waals surface area (Å²) in [7, 11) is 1.52. The summed E-state index contributed by atoms with van der Waals surface area (Å²) >= 11 is 5.95. The first kappa shape index (κ1) is 13.6. The van der Waals surface area contributed by atoms with E-state index in [4.69, 9.17) is 16.3 Å². The fraction of sp³-hybridized carbons (Fsp3) is 0.571. The molecule has 2 bridgehead atoms. The SMILES string of the molecule is COc1ccc(C(=O)N[C@@H]2C[C@@H]3CCN(C3)C2)nc1Cl. The van der Waals surface area contributed by atoms with Crippen molar-refractivity contribution in [2.24, 2.45) is 5.92 Å². The molecule has 0 saturated carbocycles. The van der Waals surface area contributed by atoms with Crippen molar-refractivity contribution in [2.75, 3.05) is 26.7 Å².